The zero-order valence-corrected chi connectivity index (χ0v) is 31.7. The van der Waals surface area contributed by atoms with Crippen LogP contribution in [0.25, 0.3) is 59.1 Å². The fourth-order valence-corrected chi connectivity index (χ4v) is 14.8. The van der Waals surface area contributed by atoms with Gasteiger partial charge in [0.15, 0.2) is 8.07 Å². The van der Waals surface area contributed by atoms with Crippen LogP contribution < -0.4 is 25.5 Å². The van der Waals surface area contributed by atoms with Gasteiger partial charge in [0.25, 0.3) is 0 Å². The summed E-state index contributed by atoms with van der Waals surface area (Å²) < 4.78 is 11.0. The van der Waals surface area contributed by atoms with Crippen molar-refractivity contribution < 1.29 is 4.74 Å². The Hall–Kier alpha value is -6.53. The molecule has 0 atom stereocenters. The Balaban J connectivity index is 1.11. The van der Waals surface area contributed by atoms with Crippen LogP contribution in [-0.2, 0) is 6.61 Å². The van der Waals surface area contributed by atoms with Crippen LogP contribution >= 0.6 is 11.3 Å². The topological polar surface area (TPSA) is 27.1 Å². The number of nitrogens with zero attached hydrogens (tertiary/aromatic N) is 2. The Bertz CT molecular complexity index is 3020. The number of hydrogen-bond donors (Lipinski definition) is 0. The lowest BCUT2D eigenvalue weighted by Gasteiger charge is -2.35. The standard InChI is InChI=1S/C50H34N2OSSi/c1-3-16-38(17-4-1)55(39-18-5-2-6-19-39,41-21-12-15-36(32-41)42-23-13-24-44-43-22-7-10-27-48(43)54-49(42)44)40-20-11-14-34(31-40)35-28-29-46-37(30-35)33-53-50-51-45-25-8-9-26-47(45)52(46)50/h1-32H,33H2. The Morgan fingerprint density at radius 1 is 0.509 bits per heavy atom. The van der Waals surface area contributed by atoms with Crippen LogP contribution in [0.3, 0.4) is 0 Å². The first-order chi connectivity index (χ1) is 27.3. The number of hydrogen-bond acceptors (Lipinski definition) is 3. The average molecular weight is 739 g/mol. The van der Waals surface area contributed by atoms with E-state index in [9.17, 15) is 0 Å². The van der Waals surface area contributed by atoms with E-state index in [1.165, 1.54) is 63.2 Å². The van der Waals surface area contributed by atoms with Crippen molar-refractivity contribution in [3.05, 3.63) is 200 Å². The monoisotopic (exact) mass is 738 g/mol. The zero-order chi connectivity index (χ0) is 36.3. The highest BCUT2D eigenvalue weighted by atomic mass is 32.1. The molecule has 11 rings (SSSR count). The van der Waals surface area contributed by atoms with Crippen molar-refractivity contribution in [2.45, 2.75) is 6.61 Å². The molecule has 0 radical (unpaired) electrons. The Morgan fingerprint density at radius 2 is 1.13 bits per heavy atom. The van der Waals surface area contributed by atoms with E-state index in [1.54, 1.807) is 0 Å². The van der Waals surface area contributed by atoms with Crippen LogP contribution in [0.1, 0.15) is 5.56 Å². The summed E-state index contributed by atoms with van der Waals surface area (Å²) in [6.07, 6.45) is 0. The van der Waals surface area contributed by atoms with Gasteiger partial charge < -0.3 is 4.74 Å². The number of fused-ring (bicyclic) bond motifs is 8. The third kappa shape index (κ3) is 5.04. The van der Waals surface area contributed by atoms with E-state index in [2.05, 4.69) is 187 Å². The Kier molecular flexibility index (Phi) is 7.44. The van der Waals surface area contributed by atoms with Crippen LogP contribution in [-0.4, -0.2) is 17.6 Å². The van der Waals surface area contributed by atoms with E-state index in [0.717, 1.165) is 22.3 Å². The molecule has 0 amide bonds. The Morgan fingerprint density at radius 3 is 1.93 bits per heavy atom. The van der Waals surface area contributed by atoms with E-state index in [0.29, 0.717) is 12.6 Å². The molecule has 1 aliphatic heterocycles. The molecule has 0 saturated carbocycles. The van der Waals surface area contributed by atoms with Gasteiger partial charge in [0, 0.05) is 25.7 Å². The van der Waals surface area contributed by atoms with Gasteiger partial charge in [0.1, 0.15) is 6.61 Å². The second kappa shape index (κ2) is 12.8. The molecule has 0 bridgehead atoms. The largest absolute Gasteiger partial charge is 0.459 e. The third-order valence-corrected chi connectivity index (χ3v) is 17.2. The first kappa shape index (κ1) is 31.9. The minimum Gasteiger partial charge on any atom is -0.459 e. The van der Waals surface area contributed by atoms with Crippen molar-refractivity contribution >= 4 is 71.4 Å². The maximum absolute atomic E-state index is 6.23. The van der Waals surface area contributed by atoms with Crippen LogP contribution in [0.5, 0.6) is 6.01 Å². The number of aromatic nitrogens is 2. The highest BCUT2D eigenvalue weighted by molar-refractivity contribution is 7.26. The maximum atomic E-state index is 6.23. The highest BCUT2D eigenvalue weighted by Crippen LogP contribution is 2.40. The number of benzene rings is 8. The summed E-state index contributed by atoms with van der Waals surface area (Å²) in [6, 6.07) is 72.4. The SMILES string of the molecule is c1ccc([Si](c2ccccc2)(c2cccc(-c3ccc4c(c3)COc3nc5ccccc5n3-4)c2)c2cccc(-c3cccc4c3sc3ccccc34)c2)cc1. The molecule has 55 heavy (non-hydrogen) atoms. The van der Waals surface area contributed by atoms with Crippen LogP contribution in [0, 0.1) is 0 Å². The zero-order valence-electron chi connectivity index (χ0n) is 29.9. The summed E-state index contributed by atoms with van der Waals surface area (Å²) in [4.78, 5) is 4.75. The predicted octanol–water partition coefficient (Wildman–Crippen LogP) is 10.00. The molecule has 260 valence electrons. The molecule has 1 aliphatic rings. The molecule has 8 aromatic carbocycles. The van der Waals surface area contributed by atoms with Crippen molar-refractivity contribution in [1.82, 2.24) is 9.55 Å². The van der Waals surface area contributed by atoms with Gasteiger partial charge in [-0.25, -0.2) is 0 Å². The van der Waals surface area contributed by atoms with Crippen molar-refractivity contribution in [1.29, 1.82) is 0 Å². The molecule has 10 aromatic rings. The summed E-state index contributed by atoms with van der Waals surface area (Å²) >= 11 is 1.89. The average Bonchev–Trinajstić information content (AvgIpc) is 3.84. The molecular weight excluding hydrogens is 705 g/mol. The predicted molar refractivity (Wildman–Crippen MR) is 233 cm³/mol. The lowest BCUT2D eigenvalue weighted by molar-refractivity contribution is 0.266. The summed E-state index contributed by atoms with van der Waals surface area (Å²) in [5.41, 5.74) is 9.16. The molecule has 0 unspecified atom stereocenters. The van der Waals surface area contributed by atoms with Gasteiger partial charge in [-0.2, -0.15) is 4.98 Å². The fraction of sp³-hybridized carbons (Fsp3) is 0.0200. The van der Waals surface area contributed by atoms with Crippen LogP contribution in [0.4, 0.5) is 0 Å². The summed E-state index contributed by atoms with van der Waals surface area (Å²) in [5, 5.41) is 8.05. The molecule has 0 N–H and O–H groups in total. The molecular formula is C50H34N2OSSi. The van der Waals surface area contributed by atoms with Gasteiger partial charge in [-0.05, 0) is 73.3 Å². The lowest BCUT2D eigenvalue weighted by atomic mass is 10.0. The van der Waals surface area contributed by atoms with Gasteiger partial charge in [-0.3, -0.25) is 4.57 Å². The maximum Gasteiger partial charge on any atom is 0.302 e. The van der Waals surface area contributed by atoms with Crippen molar-refractivity contribution in [3.63, 3.8) is 0 Å². The second-order valence-electron chi connectivity index (χ2n) is 14.3. The number of rotatable bonds is 6. The first-order valence-corrected chi connectivity index (χ1v) is 21.5. The minimum atomic E-state index is -2.86. The van der Waals surface area contributed by atoms with Crippen molar-refractivity contribution in [3.8, 4) is 34.0 Å². The highest BCUT2D eigenvalue weighted by Gasteiger charge is 2.41. The van der Waals surface area contributed by atoms with E-state index in [-0.39, 0.29) is 0 Å². The minimum absolute atomic E-state index is 0.484. The van der Waals surface area contributed by atoms with Crippen molar-refractivity contribution in [2.24, 2.45) is 0 Å². The smallest absolute Gasteiger partial charge is 0.302 e. The van der Waals surface area contributed by atoms with E-state index in [4.69, 9.17) is 9.72 Å². The molecule has 3 nitrogen and oxygen atoms in total. The summed E-state index contributed by atoms with van der Waals surface area (Å²) in [6.45, 7) is 0.484. The quantitative estimate of drug-likeness (QED) is 0.126. The number of thiophene rings is 1. The first-order valence-electron chi connectivity index (χ1n) is 18.7. The van der Waals surface area contributed by atoms with E-state index < -0.39 is 8.07 Å². The molecule has 0 aliphatic carbocycles. The second-order valence-corrected chi connectivity index (χ2v) is 19.1. The van der Waals surface area contributed by atoms with E-state index in [1.807, 2.05) is 23.5 Å². The molecule has 0 spiro atoms. The number of imidazole rings is 1. The molecule has 0 fully saturated rings. The van der Waals surface area contributed by atoms with Gasteiger partial charge in [0.05, 0.1) is 16.7 Å². The number of para-hydroxylation sites is 2. The fourth-order valence-electron chi connectivity index (χ4n) is 8.78. The van der Waals surface area contributed by atoms with Crippen molar-refractivity contribution in [2.75, 3.05) is 0 Å². The van der Waals surface area contributed by atoms with Crippen LogP contribution in [0.2, 0.25) is 0 Å². The normalized spacial score (nSPS) is 12.4. The lowest BCUT2D eigenvalue weighted by Crippen LogP contribution is -2.74. The van der Waals surface area contributed by atoms with E-state index >= 15 is 0 Å². The van der Waals surface area contributed by atoms with Gasteiger partial charge in [-0.1, -0.05) is 164 Å². The summed E-state index contributed by atoms with van der Waals surface area (Å²) in [5.74, 6) is 0. The van der Waals surface area contributed by atoms with Crippen LogP contribution in [0.15, 0.2) is 194 Å². The van der Waals surface area contributed by atoms with Gasteiger partial charge >= 0.3 is 6.01 Å². The molecule has 2 aromatic heterocycles. The van der Waals surface area contributed by atoms with Gasteiger partial charge in [-0.15, -0.1) is 11.3 Å². The molecule has 3 heterocycles. The molecule has 0 saturated heterocycles. The third-order valence-electron chi connectivity index (χ3n) is 11.3. The summed E-state index contributed by atoms with van der Waals surface area (Å²) in [7, 11) is -2.86. The molecule has 5 heteroatoms. The Labute approximate surface area is 324 Å². The number of ether oxygens (including phenoxy) is 1. The van der Waals surface area contributed by atoms with Gasteiger partial charge in [0.2, 0.25) is 0 Å².